The number of fused-ring (bicyclic) bond motifs is 5. The normalized spacial score (nSPS) is 30.0. The lowest BCUT2D eigenvalue weighted by atomic mass is 9.73. The molecular formula is C23H21ClN2O3. The van der Waals surface area contributed by atoms with E-state index in [1.165, 1.54) is 10.5 Å². The number of hydrogen-bond acceptors (Lipinski definition) is 3. The zero-order chi connectivity index (χ0) is 20.1. The molecule has 148 valence electrons. The molecule has 3 aliphatic rings. The van der Waals surface area contributed by atoms with E-state index >= 15 is 0 Å². The molecule has 1 aliphatic heterocycles. The smallest absolute Gasteiger partial charge is 0.244 e. The van der Waals surface area contributed by atoms with Crippen LogP contribution >= 0.6 is 11.6 Å². The quantitative estimate of drug-likeness (QED) is 0.784. The van der Waals surface area contributed by atoms with Crippen LogP contribution in [0.2, 0.25) is 5.02 Å². The van der Waals surface area contributed by atoms with Crippen LogP contribution in [0.3, 0.4) is 0 Å². The SMILES string of the molecule is O=C(CN1C(=O)[C@@H]2[C@@H]3C[C@H]([C@H]2C1=O)[C@@H](c1ccccc1)C3)Nc1ccc(Cl)cc1. The number of hydrogen-bond donors (Lipinski definition) is 1. The maximum atomic E-state index is 13.1. The van der Waals surface area contributed by atoms with Crippen LogP contribution in [0.15, 0.2) is 54.6 Å². The Hall–Kier alpha value is -2.66. The first-order chi connectivity index (χ1) is 14.0. The van der Waals surface area contributed by atoms with Crippen LogP contribution in [-0.2, 0) is 14.4 Å². The van der Waals surface area contributed by atoms with E-state index < -0.39 is 0 Å². The first-order valence-corrected chi connectivity index (χ1v) is 10.4. The average molecular weight is 409 g/mol. The van der Waals surface area contributed by atoms with E-state index in [0.29, 0.717) is 16.6 Å². The molecule has 5 atom stereocenters. The Bertz CT molecular complexity index is 975. The molecule has 0 aromatic heterocycles. The van der Waals surface area contributed by atoms with Gasteiger partial charge in [-0.05, 0) is 60.4 Å². The lowest BCUT2D eigenvalue weighted by Crippen LogP contribution is -2.39. The third kappa shape index (κ3) is 3.04. The number of likely N-dealkylation sites (tertiary alicyclic amines) is 1. The number of halogens is 1. The molecule has 2 aliphatic carbocycles. The largest absolute Gasteiger partial charge is 0.325 e. The van der Waals surface area contributed by atoms with Gasteiger partial charge in [-0.3, -0.25) is 19.3 Å². The molecule has 0 unspecified atom stereocenters. The number of amides is 3. The Morgan fingerprint density at radius 2 is 1.66 bits per heavy atom. The van der Waals surface area contributed by atoms with Crippen molar-refractivity contribution in [3.05, 3.63) is 65.2 Å². The van der Waals surface area contributed by atoms with E-state index in [2.05, 4.69) is 17.4 Å². The van der Waals surface area contributed by atoms with Gasteiger partial charge in [0.2, 0.25) is 17.7 Å². The average Bonchev–Trinajstić information content (AvgIpc) is 3.38. The highest BCUT2D eigenvalue weighted by Crippen LogP contribution is 2.61. The highest BCUT2D eigenvalue weighted by atomic mass is 35.5. The summed E-state index contributed by atoms with van der Waals surface area (Å²) in [5.74, 6) is -0.526. The van der Waals surface area contributed by atoms with Crippen molar-refractivity contribution in [3.8, 4) is 0 Å². The van der Waals surface area contributed by atoms with Gasteiger partial charge in [0, 0.05) is 10.7 Å². The number of nitrogens with one attached hydrogen (secondary N) is 1. The zero-order valence-corrected chi connectivity index (χ0v) is 16.5. The van der Waals surface area contributed by atoms with E-state index in [9.17, 15) is 14.4 Å². The maximum absolute atomic E-state index is 13.1. The minimum absolute atomic E-state index is 0.176. The molecule has 5 nitrogen and oxygen atoms in total. The predicted molar refractivity (Wildman–Crippen MR) is 109 cm³/mol. The molecule has 0 radical (unpaired) electrons. The second-order valence-corrected chi connectivity index (χ2v) is 8.72. The summed E-state index contributed by atoms with van der Waals surface area (Å²) >= 11 is 5.86. The van der Waals surface area contributed by atoms with Crippen molar-refractivity contribution in [3.63, 3.8) is 0 Å². The van der Waals surface area contributed by atoms with E-state index in [1.54, 1.807) is 24.3 Å². The summed E-state index contributed by atoms with van der Waals surface area (Å²) in [6.45, 7) is -0.233. The minimum Gasteiger partial charge on any atom is -0.325 e. The van der Waals surface area contributed by atoms with Gasteiger partial charge in [-0.15, -0.1) is 0 Å². The second kappa shape index (κ2) is 6.99. The molecule has 3 fully saturated rings. The van der Waals surface area contributed by atoms with Gasteiger partial charge in [0.05, 0.1) is 11.8 Å². The number of imide groups is 1. The molecule has 1 heterocycles. The van der Waals surface area contributed by atoms with Gasteiger partial charge in [-0.2, -0.15) is 0 Å². The van der Waals surface area contributed by atoms with Crippen molar-refractivity contribution in [1.82, 2.24) is 4.90 Å². The van der Waals surface area contributed by atoms with Crippen molar-refractivity contribution >= 4 is 35.0 Å². The fourth-order valence-electron chi connectivity index (χ4n) is 5.64. The van der Waals surface area contributed by atoms with Crippen molar-refractivity contribution < 1.29 is 14.4 Å². The van der Waals surface area contributed by atoms with Crippen molar-refractivity contribution in [2.75, 3.05) is 11.9 Å². The molecular weight excluding hydrogens is 388 g/mol. The Morgan fingerprint density at radius 3 is 2.38 bits per heavy atom. The summed E-state index contributed by atoms with van der Waals surface area (Å²) < 4.78 is 0. The molecule has 6 heteroatoms. The van der Waals surface area contributed by atoms with Gasteiger partial charge < -0.3 is 5.32 Å². The molecule has 0 spiro atoms. The minimum atomic E-state index is -0.374. The number of nitrogens with zero attached hydrogens (tertiary/aromatic N) is 1. The first kappa shape index (κ1) is 18.4. The fraction of sp³-hybridized carbons (Fsp3) is 0.348. The van der Waals surface area contributed by atoms with Gasteiger partial charge in [0.1, 0.15) is 6.54 Å². The Morgan fingerprint density at radius 1 is 0.966 bits per heavy atom. The molecule has 2 saturated carbocycles. The molecule has 1 N–H and O–H groups in total. The Labute approximate surface area is 174 Å². The summed E-state index contributed by atoms with van der Waals surface area (Å²) in [4.78, 5) is 39.7. The van der Waals surface area contributed by atoms with Gasteiger partial charge in [-0.1, -0.05) is 41.9 Å². The van der Waals surface area contributed by atoms with E-state index in [1.807, 2.05) is 18.2 Å². The monoisotopic (exact) mass is 408 g/mol. The van der Waals surface area contributed by atoms with Gasteiger partial charge in [0.25, 0.3) is 0 Å². The van der Waals surface area contributed by atoms with E-state index in [4.69, 9.17) is 11.6 Å². The van der Waals surface area contributed by atoms with Crippen LogP contribution in [-0.4, -0.2) is 29.2 Å². The summed E-state index contributed by atoms with van der Waals surface area (Å²) in [5.41, 5.74) is 1.83. The Kier molecular flexibility index (Phi) is 4.43. The Balaban J connectivity index is 1.31. The molecule has 2 aromatic rings. The number of rotatable bonds is 4. The molecule has 1 saturated heterocycles. The molecule has 2 aromatic carbocycles. The molecule has 2 bridgehead atoms. The maximum Gasteiger partial charge on any atom is 0.244 e. The van der Waals surface area contributed by atoms with Crippen LogP contribution in [0, 0.1) is 23.7 Å². The lowest BCUT2D eigenvalue weighted by Gasteiger charge is -2.28. The molecule has 3 amide bonds. The van der Waals surface area contributed by atoms with Crippen LogP contribution in [0.1, 0.15) is 24.3 Å². The summed E-state index contributed by atoms with van der Waals surface area (Å²) in [6, 6.07) is 17.0. The number of carbonyl (C=O) groups is 3. The topological polar surface area (TPSA) is 66.5 Å². The number of benzene rings is 2. The summed E-state index contributed by atoms with van der Waals surface area (Å²) in [5, 5.41) is 3.31. The van der Waals surface area contributed by atoms with Gasteiger partial charge >= 0.3 is 0 Å². The summed E-state index contributed by atoms with van der Waals surface area (Å²) in [6.07, 6.45) is 1.87. The van der Waals surface area contributed by atoms with Crippen molar-refractivity contribution in [2.45, 2.75) is 18.8 Å². The van der Waals surface area contributed by atoms with E-state index in [-0.39, 0.29) is 47.9 Å². The second-order valence-electron chi connectivity index (χ2n) is 8.28. The van der Waals surface area contributed by atoms with Crippen LogP contribution in [0.4, 0.5) is 5.69 Å². The van der Waals surface area contributed by atoms with Crippen molar-refractivity contribution in [2.24, 2.45) is 23.7 Å². The number of carbonyl (C=O) groups excluding carboxylic acids is 3. The highest BCUT2D eigenvalue weighted by molar-refractivity contribution is 6.30. The summed E-state index contributed by atoms with van der Waals surface area (Å²) in [7, 11) is 0. The predicted octanol–water partition coefficient (Wildman–Crippen LogP) is 3.70. The standard InChI is InChI=1S/C23H21ClN2O3/c24-15-6-8-16(9-7-15)25-19(27)12-26-22(28)20-14-10-17(13-4-2-1-3-5-13)18(11-14)21(20)23(26)29/h1-9,14,17-18,20-21H,10-12H2,(H,25,27)/t14-,17+,18-,20+,21+/m0/s1. The highest BCUT2D eigenvalue weighted by Gasteiger charge is 2.63. The number of anilines is 1. The first-order valence-electron chi connectivity index (χ1n) is 9.98. The molecule has 5 rings (SSSR count). The third-order valence-electron chi connectivity index (χ3n) is 6.76. The van der Waals surface area contributed by atoms with Crippen molar-refractivity contribution in [1.29, 1.82) is 0 Å². The lowest BCUT2D eigenvalue weighted by molar-refractivity contribution is -0.143. The van der Waals surface area contributed by atoms with Crippen LogP contribution in [0.5, 0.6) is 0 Å². The van der Waals surface area contributed by atoms with Gasteiger partial charge in [-0.25, -0.2) is 0 Å². The van der Waals surface area contributed by atoms with Crippen LogP contribution in [0.25, 0.3) is 0 Å². The third-order valence-corrected chi connectivity index (χ3v) is 7.02. The van der Waals surface area contributed by atoms with Crippen LogP contribution < -0.4 is 5.32 Å². The fourth-order valence-corrected chi connectivity index (χ4v) is 5.76. The molecule has 29 heavy (non-hydrogen) atoms. The van der Waals surface area contributed by atoms with Gasteiger partial charge in [0.15, 0.2) is 0 Å². The zero-order valence-electron chi connectivity index (χ0n) is 15.8. The van der Waals surface area contributed by atoms with E-state index in [0.717, 1.165) is 12.8 Å².